The summed E-state index contributed by atoms with van der Waals surface area (Å²) in [5.74, 6) is -0.395. The normalized spacial score (nSPS) is 8.18. The van der Waals surface area contributed by atoms with E-state index in [2.05, 4.69) is 11.3 Å². The first-order chi connectivity index (χ1) is 4.68. The van der Waals surface area contributed by atoms with Crippen LogP contribution in [0.4, 0.5) is 0 Å². The molecule has 0 radical (unpaired) electrons. The molecule has 0 aromatic rings. The fourth-order valence-electron chi connectivity index (χ4n) is 0.353. The second-order valence-electron chi connectivity index (χ2n) is 1.99. The van der Waals surface area contributed by atoms with Crippen molar-refractivity contribution in [1.29, 1.82) is 0 Å². The van der Waals surface area contributed by atoms with Gasteiger partial charge in [0.1, 0.15) is 0 Å². The highest BCUT2D eigenvalue weighted by atomic mass is 16.5. The van der Waals surface area contributed by atoms with Crippen LogP contribution < -0.4 is 0 Å². The fraction of sp³-hybridized carbons (Fsp3) is 0.625. The third-order valence-corrected chi connectivity index (χ3v) is 0.884. The molecule has 0 fully saturated rings. The van der Waals surface area contributed by atoms with Gasteiger partial charge in [0.25, 0.3) is 0 Å². The Hall–Kier alpha value is -0.830. The van der Waals surface area contributed by atoms with Gasteiger partial charge in [0.2, 0.25) is 0 Å². The molecule has 0 heterocycles. The zero-order valence-corrected chi connectivity index (χ0v) is 6.09. The molecule has 11 heavy (non-hydrogen) atoms. The van der Waals surface area contributed by atoms with E-state index in [1.54, 1.807) is 6.92 Å². The topological polar surface area (TPSA) is 46.5 Å². The molecule has 0 aliphatic heterocycles. The number of hydrogen-bond acceptors (Lipinski definition) is 3. The molecule has 0 atom stereocenters. The number of aliphatic hydroxyl groups is 1. The number of hydrogen-bond donors (Lipinski definition) is 1. The van der Waals surface area contributed by atoms with E-state index in [4.69, 9.17) is 5.11 Å². The van der Waals surface area contributed by atoms with Crippen molar-refractivity contribution in [2.45, 2.75) is 20.8 Å². The second kappa shape index (κ2) is 7.28. The Morgan fingerprint density at radius 2 is 2.18 bits per heavy atom. The summed E-state index contributed by atoms with van der Waals surface area (Å²) in [6, 6.07) is 0. The van der Waals surface area contributed by atoms with Crippen molar-refractivity contribution >= 4 is 5.97 Å². The number of aliphatic hydroxyl groups excluding tert-OH is 1. The number of carbonyl (C=O) groups excluding carboxylic acids is 1. The van der Waals surface area contributed by atoms with Crippen LogP contribution in [0.3, 0.4) is 0 Å². The van der Waals surface area contributed by atoms with E-state index < -0.39 is 5.97 Å². The average Bonchev–Trinajstić information content (AvgIpc) is 1.88. The van der Waals surface area contributed by atoms with Crippen LogP contribution in [0.2, 0.25) is 0 Å². The highest BCUT2D eigenvalue weighted by molar-refractivity contribution is 5.86. The standard InChI is InChI=1S/C7H12O3.CH4/c1-6(2)7(9)10-5-3-4-8;/h8H,1,3-5H2,2H3;1H4. The second-order valence-corrected chi connectivity index (χ2v) is 1.99. The number of esters is 1. The highest BCUT2D eigenvalue weighted by Crippen LogP contribution is 1.92. The Morgan fingerprint density at radius 1 is 1.64 bits per heavy atom. The van der Waals surface area contributed by atoms with E-state index in [9.17, 15) is 4.79 Å². The van der Waals surface area contributed by atoms with Gasteiger partial charge in [0.15, 0.2) is 0 Å². The van der Waals surface area contributed by atoms with Gasteiger partial charge < -0.3 is 9.84 Å². The minimum atomic E-state index is -0.395. The minimum Gasteiger partial charge on any atom is -0.462 e. The summed E-state index contributed by atoms with van der Waals surface area (Å²) in [5, 5.41) is 8.30. The molecule has 1 N–H and O–H groups in total. The first-order valence-corrected chi connectivity index (χ1v) is 3.12. The zero-order chi connectivity index (χ0) is 7.98. The van der Waals surface area contributed by atoms with Crippen LogP contribution in [0.1, 0.15) is 20.8 Å². The van der Waals surface area contributed by atoms with Crippen LogP contribution in [0, 0.1) is 0 Å². The lowest BCUT2D eigenvalue weighted by molar-refractivity contribution is -0.139. The molecular formula is C8H16O3. The van der Waals surface area contributed by atoms with E-state index in [0.717, 1.165) is 0 Å². The monoisotopic (exact) mass is 160 g/mol. The Balaban J connectivity index is 0. The predicted octanol–water partition coefficient (Wildman–Crippen LogP) is 1.12. The summed E-state index contributed by atoms with van der Waals surface area (Å²) in [4.78, 5) is 10.6. The summed E-state index contributed by atoms with van der Waals surface area (Å²) in [5.41, 5.74) is 0.387. The maximum absolute atomic E-state index is 10.6. The van der Waals surface area contributed by atoms with Crippen molar-refractivity contribution in [2.24, 2.45) is 0 Å². The van der Waals surface area contributed by atoms with Gasteiger partial charge in [0.05, 0.1) is 6.61 Å². The van der Waals surface area contributed by atoms with Crippen molar-refractivity contribution in [3.8, 4) is 0 Å². The maximum Gasteiger partial charge on any atom is 0.333 e. The lowest BCUT2D eigenvalue weighted by atomic mass is 10.4. The lowest BCUT2D eigenvalue weighted by Crippen LogP contribution is -2.06. The van der Waals surface area contributed by atoms with Crippen molar-refractivity contribution in [3.05, 3.63) is 12.2 Å². The van der Waals surface area contributed by atoms with Gasteiger partial charge in [-0.3, -0.25) is 0 Å². The minimum absolute atomic E-state index is 0. The van der Waals surface area contributed by atoms with Crippen LogP contribution in [-0.4, -0.2) is 24.3 Å². The van der Waals surface area contributed by atoms with Crippen LogP contribution >= 0.6 is 0 Å². The third-order valence-electron chi connectivity index (χ3n) is 0.884. The Morgan fingerprint density at radius 3 is 2.55 bits per heavy atom. The molecule has 0 rings (SSSR count). The molecule has 3 heteroatoms. The summed E-state index contributed by atoms with van der Waals surface area (Å²) in [6.45, 7) is 5.29. The van der Waals surface area contributed by atoms with Gasteiger partial charge >= 0.3 is 5.97 Å². The van der Waals surface area contributed by atoms with Gasteiger partial charge in [-0.1, -0.05) is 14.0 Å². The van der Waals surface area contributed by atoms with Crippen LogP contribution in [0.15, 0.2) is 12.2 Å². The van der Waals surface area contributed by atoms with Gasteiger partial charge in [0, 0.05) is 18.6 Å². The number of rotatable bonds is 4. The summed E-state index contributed by atoms with van der Waals surface area (Å²) in [7, 11) is 0. The summed E-state index contributed by atoms with van der Waals surface area (Å²) in [6.07, 6.45) is 0.485. The molecule has 0 aliphatic carbocycles. The Bertz CT molecular complexity index is 129. The Kier molecular flexibility index (Phi) is 8.48. The van der Waals surface area contributed by atoms with Gasteiger partial charge in [-0.25, -0.2) is 4.79 Å². The molecule has 0 bridgehead atoms. The van der Waals surface area contributed by atoms with Crippen molar-refractivity contribution in [3.63, 3.8) is 0 Å². The molecule has 0 amide bonds. The van der Waals surface area contributed by atoms with E-state index in [1.165, 1.54) is 0 Å². The van der Waals surface area contributed by atoms with Crippen molar-refractivity contribution in [2.75, 3.05) is 13.2 Å². The quantitative estimate of drug-likeness (QED) is 0.381. The van der Waals surface area contributed by atoms with Gasteiger partial charge in [-0.05, 0) is 6.92 Å². The van der Waals surface area contributed by atoms with Crippen molar-refractivity contribution in [1.82, 2.24) is 0 Å². The number of carbonyl (C=O) groups is 1. The fourth-order valence-corrected chi connectivity index (χ4v) is 0.353. The van der Waals surface area contributed by atoms with Crippen LogP contribution in [-0.2, 0) is 9.53 Å². The molecule has 0 aliphatic rings. The first-order valence-electron chi connectivity index (χ1n) is 3.12. The molecule has 3 nitrogen and oxygen atoms in total. The third kappa shape index (κ3) is 7.06. The van der Waals surface area contributed by atoms with Crippen LogP contribution in [0.25, 0.3) is 0 Å². The van der Waals surface area contributed by atoms with Gasteiger partial charge in [-0.15, -0.1) is 0 Å². The van der Waals surface area contributed by atoms with Crippen molar-refractivity contribution < 1.29 is 14.6 Å². The van der Waals surface area contributed by atoms with E-state index in [-0.39, 0.29) is 20.6 Å². The summed E-state index contributed by atoms with van der Waals surface area (Å²) >= 11 is 0. The zero-order valence-electron chi connectivity index (χ0n) is 6.09. The molecule has 0 saturated heterocycles. The number of ether oxygens (including phenoxy) is 1. The molecular weight excluding hydrogens is 144 g/mol. The van der Waals surface area contributed by atoms with E-state index in [1.807, 2.05) is 0 Å². The summed E-state index contributed by atoms with van der Waals surface area (Å²) < 4.78 is 4.65. The van der Waals surface area contributed by atoms with Crippen LogP contribution in [0.5, 0.6) is 0 Å². The van der Waals surface area contributed by atoms with E-state index in [0.29, 0.717) is 12.0 Å². The molecule has 0 saturated carbocycles. The first kappa shape index (κ1) is 12.8. The van der Waals surface area contributed by atoms with E-state index >= 15 is 0 Å². The molecule has 0 aromatic carbocycles. The highest BCUT2D eigenvalue weighted by Gasteiger charge is 2.00. The maximum atomic E-state index is 10.6. The molecule has 0 unspecified atom stereocenters. The lowest BCUT2D eigenvalue weighted by Gasteiger charge is -2.00. The molecule has 0 spiro atoms. The average molecular weight is 160 g/mol. The predicted molar refractivity (Wildman–Crippen MR) is 44.2 cm³/mol. The Labute approximate surface area is 67.7 Å². The molecule has 0 aromatic heterocycles. The SMILES string of the molecule is C.C=C(C)C(=O)OCCCO. The smallest absolute Gasteiger partial charge is 0.333 e. The molecule has 66 valence electrons. The van der Waals surface area contributed by atoms with Gasteiger partial charge in [-0.2, -0.15) is 0 Å². The largest absolute Gasteiger partial charge is 0.462 e.